The van der Waals surface area contributed by atoms with Gasteiger partial charge in [0.25, 0.3) is 0 Å². The molecule has 0 fully saturated rings. The lowest BCUT2D eigenvalue weighted by Crippen LogP contribution is -2.41. The lowest BCUT2D eigenvalue weighted by Gasteiger charge is -2.19. The fourth-order valence-corrected chi connectivity index (χ4v) is 2.01. The van der Waals surface area contributed by atoms with Crippen LogP contribution in [0.25, 0.3) is 0 Å². The van der Waals surface area contributed by atoms with Gasteiger partial charge in [0.2, 0.25) is 0 Å². The van der Waals surface area contributed by atoms with E-state index in [-0.39, 0.29) is 18.1 Å². The van der Waals surface area contributed by atoms with Crippen molar-refractivity contribution >= 4 is 12.1 Å². The zero-order valence-corrected chi connectivity index (χ0v) is 12.3. The number of carboxylic acid groups (broad SMARTS) is 1. The molecule has 0 heterocycles. The Morgan fingerprint density at radius 2 is 1.52 bits per heavy atom. The van der Waals surface area contributed by atoms with Gasteiger partial charge in [0.05, 0.1) is 0 Å². The Morgan fingerprint density at radius 1 is 1.00 bits per heavy atom. The van der Waals surface area contributed by atoms with Crippen LogP contribution in [0.3, 0.4) is 0 Å². The second-order valence-corrected chi connectivity index (χ2v) is 4.90. The van der Waals surface area contributed by atoms with E-state index in [4.69, 9.17) is 9.84 Å². The quantitative estimate of drug-likeness (QED) is 0.831. The van der Waals surface area contributed by atoms with Crippen LogP contribution in [-0.2, 0) is 22.6 Å². The third-order valence-corrected chi connectivity index (χ3v) is 3.21. The Hall–Kier alpha value is -2.89. The molecule has 2 aromatic carbocycles. The summed E-state index contributed by atoms with van der Waals surface area (Å²) in [5.41, 5.74) is 1.29. The Balaban J connectivity index is 1.98. The molecule has 2 aromatic rings. The van der Waals surface area contributed by atoms with Crippen molar-refractivity contribution in [1.29, 1.82) is 0 Å². The number of ether oxygens (including phenoxy) is 1. The zero-order chi connectivity index (χ0) is 16.7. The molecule has 1 atom stereocenters. The number of amides is 1. The topological polar surface area (TPSA) is 66.8 Å². The second-order valence-electron chi connectivity index (χ2n) is 4.90. The van der Waals surface area contributed by atoms with Gasteiger partial charge in [-0.15, -0.1) is 5.12 Å². The van der Waals surface area contributed by atoms with Crippen molar-refractivity contribution in [3.05, 3.63) is 71.8 Å². The van der Waals surface area contributed by atoms with E-state index in [1.807, 2.05) is 0 Å². The van der Waals surface area contributed by atoms with Gasteiger partial charge in [-0.1, -0.05) is 65.1 Å². The fraction of sp³-hybridized carbons (Fsp3) is 0.176. The molecule has 6 heteroatoms. The van der Waals surface area contributed by atoms with Crippen molar-refractivity contribution in [2.75, 3.05) is 0 Å². The summed E-state index contributed by atoms with van der Waals surface area (Å²) in [4.78, 5) is 23.0. The highest BCUT2D eigenvalue weighted by Gasteiger charge is 2.31. The third-order valence-electron chi connectivity index (χ3n) is 3.21. The standard InChI is InChI=1S/C17H16FNO4/c18-19(17(22)23-12-14-9-5-2-6-10-14)15(16(20)21)11-13-7-3-1-4-8-13/h1-10,15H,11-12H2,(H,20,21). The maximum atomic E-state index is 14.1. The van der Waals surface area contributed by atoms with Gasteiger partial charge in [-0.3, -0.25) is 0 Å². The first-order valence-corrected chi connectivity index (χ1v) is 7.00. The SMILES string of the molecule is O=C(O)C(Cc1ccccc1)N(F)C(=O)OCc1ccccc1. The first-order chi connectivity index (χ1) is 11.1. The summed E-state index contributed by atoms with van der Waals surface area (Å²) in [5, 5.41) is 8.77. The van der Waals surface area contributed by atoms with Gasteiger partial charge in [-0.05, 0) is 11.1 Å². The highest BCUT2D eigenvalue weighted by molar-refractivity contribution is 5.79. The van der Waals surface area contributed by atoms with Crippen LogP contribution in [0.5, 0.6) is 0 Å². The summed E-state index contributed by atoms with van der Waals surface area (Å²) in [6, 6.07) is 15.6. The first-order valence-electron chi connectivity index (χ1n) is 7.00. The van der Waals surface area contributed by atoms with E-state index >= 15 is 0 Å². The smallest absolute Gasteiger partial charge is 0.439 e. The maximum Gasteiger partial charge on any atom is 0.439 e. The number of aliphatic carboxylic acids is 1. The van der Waals surface area contributed by atoms with Crippen molar-refractivity contribution in [3.8, 4) is 0 Å². The van der Waals surface area contributed by atoms with Crippen LogP contribution in [-0.4, -0.2) is 28.3 Å². The molecule has 0 radical (unpaired) electrons. The van der Waals surface area contributed by atoms with E-state index in [1.54, 1.807) is 60.7 Å². The van der Waals surface area contributed by atoms with E-state index in [0.29, 0.717) is 11.1 Å². The molecular weight excluding hydrogens is 301 g/mol. The fourth-order valence-electron chi connectivity index (χ4n) is 2.01. The number of benzene rings is 2. The summed E-state index contributed by atoms with van der Waals surface area (Å²) < 4.78 is 18.9. The van der Waals surface area contributed by atoms with Gasteiger partial charge >= 0.3 is 12.1 Å². The van der Waals surface area contributed by atoms with Crippen molar-refractivity contribution in [2.45, 2.75) is 19.1 Å². The van der Waals surface area contributed by atoms with Crippen LogP contribution in [0, 0.1) is 0 Å². The molecule has 1 amide bonds. The molecule has 2 rings (SSSR count). The zero-order valence-electron chi connectivity index (χ0n) is 12.3. The minimum Gasteiger partial charge on any atom is -0.480 e. The predicted molar refractivity (Wildman–Crippen MR) is 81.1 cm³/mol. The monoisotopic (exact) mass is 317 g/mol. The van der Waals surface area contributed by atoms with Crippen molar-refractivity contribution < 1.29 is 23.9 Å². The van der Waals surface area contributed by atoms with Gasteiger partial charge in [0.1, 0.15) is 6.61 Å². The minimum absolute atomic E-state index is 0.127. The van der Waals surface area contributed by atoms with Crippen LogP contribution in [0.1, 0.15) is 11.1 Å². The number of hydrogen-bond acceptors (Lipinski definition) is 3. The molecule has 0 spiro atoms. The van der Waals surface area contributed by atoms with Crippen LogP contribution in [0.4, 0.5) is 9.28 Å². The molecule has 0 saturated carbocycles. The van der Waals surface area contributed by atoms with E-state index in [2.05, 4.69) is 0 Å². The van der Waals surface area contributed by atoms with Crippen molar-refractivity contribution in [1.82, 2.24) is 5.12 Å². The second kappa shape index (κ2) is 7.93. The molecule has 0 bridgehead atoms. The molecule has 5 nitrogen and oxygen atoms in total. The number of halogens is 1. The number of carbonyl (C=O) groups is 2. The Kier molecular flexibility index (Phi) is 5.68. The highest BCUT2D eigenvalue weighted by atomic mass is 19.2. The predicted octanol–water partition coefficient (Wildman–Crippen LogP) is 3.21. The molecule has 1 unspecified atom stereocenters. The number of rotatable bonds is 6. The van der Waals surface area contributed by atoms with Crippen LogP contribution < -0.4 is 0 Å². The molecule has 120 valence electrons. The average molecular weight is 317 g/mol. The normalized spacial score (nSPS) is 11.5. The van der Waals surface area contributed by atoms with Crippen LogP contribution in [0.15, 0.2) is 60.7 Å². The minimum atomic E-state index is -1.64. The lowest BCUT2D eigenvalue weighted by molar-refractivity contribution is -0.149. The van der Waals surface area contributed by atoms with E-state index in [1.165, 1.54) is 0 Å². The van der Waals surface area contributed by atoms with Crippen molar-refractivity contribution in [3.63, 3.8) is 0 Å². The number of hydrogen-bond donors (Lipinski definition) is 1. The molecular formula is C17H16FNO4. The third kappa shape index (κ3) is 4.81. The summed E-state index contributed by atoms with van der Waals surface area (Å²) in [5.74, 6) is -1.44. The number of nitrogens with zero attached hydrogens (tertiary/aromatic N) is 1. The van der Waals surface area contributed by atoms with Crippen LogP contribution in [0.2, 0.25) is 0 Å². The van der Waals surface area contributed by atoms with E-state index in [0.717, 1.165) is 0 Å². The summed E-state index contributed by atoms with van der Waals surface area (Å²) >= 11 is 0. The molecule has 0 saturated heterocycles. The Bertz CT molecular complexity index is 648. The van der Waals surface area contributed by atoms with Gasteiger partial charge in [-0.2, -0.15) is 0 Å². The highest BCUT2D eigenvalue weighted by Crippen LogP contribution is 2.13. The maximum absolute atomic E-state index is 14.1. The molecule has 0 aliphatic carbocycles. The average Bonchev–Trinajstić information content (AvgIpc) is 2.58. The van der Waals surface area contributed by atoms with Gasteiger partial charge in [0, 0.05) is 6.42 Å². The molecule has 0 aliphatic heterocycles. The van der Waals surface area contributed by atoms with E-state index in [9.17, 15) is 14.1 Å². The van der Waals surface area contributed by atoms with Crippen LogP contribution >= 0.6 is 0 Å². The largest absolute Gasteiger partial charge is 0.480 e. The number of carboxylic acids is 1. The van der Waals surface area contributed by atoms with Gasteiger partial charge in [-0.25, -0.2) is 9.59 Å². The summed E-state index contributed by atoms with van der Waals surface area (Å²) in [6.45, 7) is -0.127. The van der Waals surface area contributed by atoms with Gasteiger partial charge < -0.3 is 9.84 Å². The lowest BCUT2D eigenvalue weighted by atomic mass is 10.1. The summed E-state index contributed by atoms with van der Waals surface area (Å²) in [6.07, 6.45) is -1.47. The Morgan fingerprint density at radius 3 is 2.04 bits per heavy atom. The molecule has 0 aliphatic rings. The first kappa shape index (κ1) is 16.5. The van der Waals surface area contributed by atoms with Crippen molar-refractivity contribution in [2.24, 2.45) is 0 Å². The molecule has 0 aromatic heterocycles. The Labute approximate surface area is 132 Å². The van der Waals surface area contributed by atoms with Gasteiger partial charge in [0.15, 0.2) is 6.04 Å². The van der Waals surface area contributed by atoms with E-state index < -0.39 is 18.1 Å². The number of carbonyl (C=O) groups excluding carboxylic acids is 1. The molecule has 1 N–H and O–H groups in total. The molecule has 23 heavy (non-hydrogen) atoms. The summed E-state index contributed by atoms with van der Waals surface area (Å²) in [7, 11) is 0.